The van der Waals surface area contributed by atoms with Crippen LogP contribution >= 0.6 is 12.0 Å². The molecule has 0 fully saturated rings. The number of nitrogens with one attached hydrogen (secondary N) is 1. The van der Waals surface area contributed by atoms with Crippen LogP contribution in [0.3, 0.4) is 0 Å². The van der Waals surface area contributed by atoms with Crippen molar-refractivity contribution < 1.29 is 28.0 Å². The number of nitrogens with zero attached hydrogens (tertiary/aromatic N) is 4. The van der Waals surface area contributed by atoms with Gasteiger partial charge in [-0.15, -0.1) is 0 Å². The van der Waals surface area contributed by atoms with Gasteiger partial charge in [-0.25, -0.2) is 20.4 Å². The molecule has 0 aliphatic heterocycles. The van der Waals surface area contributed by atoms with Gasteiger partial charge < -0.3 is 18.9 Å². The van der Waals surface area contributed by atoms with Gasteiger partial charge in [0, 0.05) is 17.3 Å². The lowest BCUT2D eigenvalue weighted by Gasteiger charge is -2.19. The maximum atomic E-state index is 10.6. The van der Waals surface area contributed by atoms with Crippen LogP contribution in [0.2, 0.25) is 0 Å². The molecule has 0 saturated carbocycles. The Morgan fingerprint density at radius 3 is 2.21 bits per heavy atom. The van der Waals surface area contributed by atoms with Crippen LogP contribution in [0.4, 0.5) is 5.82 Å². The van der Waals surface area contributed by atoms with E-state index in [1.54, 1.807) is 36.7 Å². The quantitative estimate of drug-likeness (QED) is 0.0770. The van der Waals surface area contributed by atoms with Crippen LogP contribution in [0.5, 0.6) is 23.1 Å². The molecule has 0 saturated heterocycles. The average Bonchev–Trinajstić information content (AvgIpc) is 3.02. The minimum Gasteiger partial charge on any atom is -0.493 e. The second-order valence-electron chi connectivity index (χ2n) is 9.21. The predicted molar refractivity (Wildman–Crippen MR) is 161 cm³/mol. The van der Waals surface area contributed by atoms with Crippen LogP contribution in [0.25, 0.3) is 11.6 Å². The van der Waals surface area contributed by atoms with Crippen LogP contribution < -0.4 is 19.7 Å². The lowest BCUT2D eigenvalue weighted by Crippen LogP contribution is -2.11. The van der Waals surface area contributed by atoms with Crippen molar-refractivity contribution in [1.82, 2.24) is 19.9 Å². The first-order chi connectivity index (χ1) is 20.4. The number of hydrogen-bond acceptors (Lipinski definition) is 12. The van der Waals surface area contributed by atoms with E-state index in [4.69, 9.17) is 23.2 Å². The molecule has 0 amide bonds. The Hall–Kier alpha value is -4.42. The highest BCUT2D eigenvalue weighted by Gasteiger charge is 2.22. The Labute approximate surface area is 250 Å². The molecular weight excluding hydrogens is 558 g/mol. The molecular formula is C30H35N5O6S. The highest BCUT2D eigenvalue weighted by Crippen LogP contribution is 2.41. The number of anilines is 1. The van der Waals surface area contributed by atoms with E-state index in [1.807, 2.05) is 32.0 Å². The van der Waals surface area contributed by atoms with Gasteiger partial charge >= 0.3 is 0 Å². The molecule has 42 heavy (non-hydrogen) atoms. The van der Waals surface area contributed by atoms with E-state index in [-0.39, 0.29) is 47.7 Å². The maximum absolute atomic E-state index is 10.6. The summed E-state index contributed by atoms with van der Waals surface area (Å²) in [5.74, 6) is 1.59. The van der Waals surface area contributed by atoms with Crippen LogP contribution in [0.1, 0.15) is 40.2 Å². The third-order valence-electron chi connectivity index (χ3n) is 5.39. The van der Waals surface area contributed by atoms with Gasteiger partial charge in [-0.05, 0) is 41.3 Å². The molecule has 2 heterocycles. The van der Waals surface area contributed by atoms with E-state index in [0.29, 0.717) is 18.0 Å². The second-order valence-corrected chi connectivity index (χ2v) is 10.0. The van der Waals surface area contributed by atoms with Crippen molar-refractivity contribution >= 4 is 24.3 Å². The molecule has 0 radical (unpaired) electrons. The van der Waals surface area contributed by atoms with Gasteiger partial charge in [0.1, 0.15) is 13.2 Å². The molecule has 0 aliphatic carbocycles. The summed E-state index contributed by atoms with van der Waals surface area (Å²) in [6.07, 6.45) is 3.15. The summed E-state index contributed by atoms with van der Waals surface area (Å²) in [4.78, 5) is 29.0. The fraction of sp³-hybridized carbons (Fsp3) is 0.300. The Morgan fingerprint density at radius 2 is 1.57 bits per heavy atom. The molecule has 0 bridgehead atoms. The van der Waals surface area contributed by atoms with Crippen molar-refractivity contribution in [3.05, 3.63) is 72.6 Å². The third-order valence-corrected chi connectivity index (χ3v) is 6.02. The number of para-hydroxylation sites is 2. The van der Waals surface area contributed by atoms with E-state index >= 15 is 0 Å². The van der Waals surface area contributed by atoms with Crippen molar-refractivity contribution in [3.8, 4) is 34.8 Å². The monoisotopic (exact) mass is 593 g/mol. The number of methoxy groups -OCH3 is 1. The normalized spacial score (nSPS) is 10.6. The molecule has 4 rings (SSSR count). The summed E-state index contributed by atoms with van der Waals surface area (Å²) < 4.78 is 28.0. The van der Waals surface area contributed by atoms with E-state index in [1.165, 1.54) is 12.7 Å². The number of carbonyl (C=O) groups is 1. The maximum Gasteiger partial charge on any atom is 0.293 e. The van der Waals surface area contributed by atoms with Crippen molar-refractivity contribution in [2.24, 2.45) is 0 Å². The Balaban J connectivity index is 0.00000237. The van der Waals surface area contributed by atoms with Crippen molar-refractivity contribution in [2.75, 3.05) is 25.8 Å². The Kier molecular flexibility index (Phi) is 12.3. The van der Waals surface area contributed by atoms with E-state index < -0.39 is 0 Å². The minimum absolute atomic E-state index is 0.00154. The molecule has 0 aliphatic rings. The number of hydrogen-bond donors (Lipinski definition) is 1. The van der Waals surface area contributed by atoms with Crippen LogP contribution in [0, 0.1) is 0 Å². The minimum atomic E-state index is -0.00154. The molecule has 2 aromatic carbocycles. The predicted octanol–water partition coefficient (Wildman–Crippen LogP) is 6.66. The Morgan fingerprint density at radius 1 is 0.881 bits per heavy atom. The lowest BCUT2D eigenvalue weighted by molar-refractivity contribution is -0.129. The molecule has 12 heteroatoms. The van der Waals surface area contributed by atoms with Crippen molar-refractivity contribution in [1.29, 1.82) is 0 Å². The summed E-state index contributed by atoms with van der Waals surface area (Å²) >= 11 is 1.11. The third kappa shape index (κ3) is 9.05. The molecule has 4 aromatic rings. The van der Waals surface area contributed by atoms with Crippen molar-refractivity contribution in [2.45, 2.75) is 44.9 Å². The van der Waals surface area contributed by atoms with Gasteiger partial charge in [0.05, 0.1) is 19.2 Å². The largest absolute Gasteiger partial charge is 0.493 e. The number of benzene rings is 2. The first-order valence-corrected chi connectivity index (χ1v) is 14.0. The zero-order valence-electron chi connectivity index (χ0n) is 24.5. The van der Waals surface area contributed by atoms with Gasteiger partial charge in [0.2, 0.25) is 17.4 Å². The SMILES string of the molecule is CC.COc1ccccc1Oc1c(NOSc2ccc(C(C)(C)C)cc2)nc(-c2ncccn2)nc1OCCOC=O. The van der Waals surface area contributed by atoms with Gasteiger partial charge in [0.15, 0.2) is 17.3 Å². The highest BCUT2D eigenvalue weighted by molar-refractivity contribution is 7.94. The van der Waals surface area contributed by atoms with Crippen LogP contribution in [-0.4, -0.2) is 46.7 Å². The smallest absolute Gasteiger partial charge is 0.293 e. The van der Waals surface area contributed by atoms with Crippen molar-refractivity contribution in [3.63, 3.8) is 0 Å². The topological polar surface area (TPSA) is 127 Å². The first-order valence-electron chi connectivity index (χ1n) is 13.3. The summed E-state index contributed by atoms with van der Waals surface area (Å²) in [7, 11) is 1.53. The standard InChI is InChI=1S/C28H29N5O6S.C2H6/c1-28(2,3)19-10-12-20(13-11-19)40-39-33-24-23(38-22-9-6-5-8-21(22)35-4)27(37-17-16-36-18-34)32-26(31-24)25-29-14-7-15-30-25;1-2/h5-15,18H,16-17H2,1-4H3,(H,31,32,33);1-2H3. The first kappa shape index (κ1) is 32.1. The molecule has 0 unspecified atom stereocenters. The highest BCUT2D eigenvalue weighted by atomic mass is 32.2. The summed E-state index contributed by atoms with van der Waals surface area (Å²) in [5.41, 5.74) is 4.09. The fourth-order valence-corrected chi connectivity index (χ4v) is 3.83. The molecule has 0 atom stereocenters. The number of aromatic nitrogens is 4. The van der Waals surface area contributed by atoms with Crippen LogP contribution in [0.15, 0.2) is 71.9 Å². The average molecular weight is 594 g/mol. The zero-order valence-corrected chi connectivity index (χ0v) is 25.3. The summed E-state index contributed by atoms with van der Waals surface area (Å²) in [6.45, 7) is 10.8. The number of rotatable bonds is 13. The summed E-state index contributed by atoms with van der Waals surface area (Å²) in [6, 6.07) is 16.8. The van der Waals surface area contributed by atoms with Crippen LogP contribution in [-0.2, 0) is 19.2 Å². The van der Waals surface area contributed by atoms with Gasteiger partial charge in [0.25, 0.3) is 12.4 Å². The molecule has 11 nitrogen and oxygen atoms in total. The molecule has 222 valence electrons. The molecule has 1 N–H and O–H groups in total. The summed E-state index contributed by atoms with van der Waals surface area (Å²) in [5, 5.41) is 0. The van der Waals surface area contributed by atoms with Gasteiger partial charge in [-0.2, -0.15) is 9.27 Å². The van der Waals surface area contributed by atoms with E-state index in [2.05, 4.69) is 58.3 Å². The zero-order chi connectivity index (χ0) is 30.4. The second kappa shape index (κ2) is 16.1. The Bertz CT molecular complexity index is 1400. The number of carbonyl (C=O) groups excluding carboxylic acids is 1. The van der Waals surface area contributed by atoms with E-state index in [0.717, 1.165) is 16.9 Å². The van der Waals surface area contributed by atoms with Gasteiger partial charge in [-0.3, -0.25) is 4.79 Å². The molecule has 2 aromatic heterocycles. The molecule has 0 spiro atoms. The van der Waals surface area contributed by atoms with E-state index in [9.17, 15) is 4.79 Å². The lowest BCUT2D eigenvalue weighted by atomic mass is 9.87. The number of ether oxygens (including phenoxy) is 4. The fourth-order valence-electron chi connectivity index (χ4n) is 3.37. The van der Waals surface area contributed by atoms with Gasteiger partial charge in [-0.1, -0.05) is 58.9 Å².